The van der Waals surface area contributed by atoms with Crippen LogP contribution in [0.4, 0.5) is 5.69 Å². The van der Waals surface area contributed by atoms with Crippen LogP contribution in [-0.2, 0) is 24.1 Å². The van der Waals surface area contributed by atoms with E-state index in [0.717, 1.165) is 46.6 Å². The van der Waals surface area contributed by atoms with Crippen LogP contribution in [-0.4, -0.2) is 30.9 Å². The molecule has 2 heterocycles. The number of nitrogens with one attached hydrogen (secondary N) is 1. The molecule has 3 aromatic rings. The van der Waals surface area contributed by atoms with Crippen molar-refractivity contribution in [3.8, 4) is 0 Å². The molecule has 0 spiro atoms. The first kappa shape index (κ1) is 16.4. The Morgan fingerprint density at radius 2 is 2.24 bits per heavy atom. The zero-order valence-corrected chi connectivity index (χ0v) is 15.4. The van der Waals surface area contributed by atoms with Crippen LogP contribution in [0.2, 0.25) is 0 Å². The number of carbonyl (C=O) groups is 1. The number of furan rings is 1. The summed E-state index contributed by atoms with van der Waals surface area (Å²) in [5, 5.41) is 6.15. The molecule has 1 aromatic carbocycles. The first-order chi connectivity index (χ1) is 12.1. The fourth-order valence-electron chi connectivity index (χ4n) is 3.56. The number of rotatable bonds is 4. The maximum Gasteiger partial charge on any atom is 0.229 e. The van der Waals surface area contributed by atoms with Crippen molar-refractivity contribution < 1.29 is 9.21 Å². The minimum atomic E-state index is 0.0188. The lowest BCUT2D eigenvalue weighted by Crippen LogP contribution is -2.33. The normalized spacial score (nSPS) is 17.0. The largest absolute Gasteiger partial charge is 0.461 e. The van der Waals surface area contributed by atoms with E-state index in [0.29, 0.717) is 12.5 Å². The van der Waals surface area contributed by atoms with Crippen LogP contribution in [0, 0.1) is 0 Å². The Hall–Kier alpha value is -2.11. The lowest BCUT2D eigenvalue weighted by atomic mass is 9.91. The molecule has 25 heavy (non-hydrogen) atoms. The van der Waals surface area contributed by atoms with Crippen LogP contribution in [0.1, 0.15) is 22.6 Å². The number of benzene rings is 1. The fourth-order valence-corrected chi connectivity index (χ4v) is 4.26. The van der Waals surface area contributed by atoms with Crippen molar-refractivity contribution in [3.63, 3.8) is 0 Å². The first-order valence-electron chi connectivity index (χ1n) is 8.63. The molecule has 1 aliphatic rings. The zero-order chi connectivity index (χ0) is 17.4. The van der Waals surface area contributed by atoms with Crippen LogP contribution >= 0.6 is 11.3 Å². The quantitative estimate of drug-likeness (QED) is 0.767. The van der Waals surface area contributed by atoms with E-state index in [-0.39, 0.29) is 5.91 Å². The van der Waals surface area contributed by atoms with Crippen molar-refractivity contribution in [2.75, 3.05) is 19.4 Å². The summed E-state index contributed by atoms with van der Waals surface area (Å²) < 4.78 is 6.03. The summed E-state index contributed by atoms with van der Waals surface area (Å²) in [7, 11) is 4.27. The molecule has 0 bridgehead atoms. The Morgan fingerprint density at radius 3 is 3.00 bits per heavy atom. The van der Waals surface area contributed by atoms with E-state index in [1.807, 2.05) is 29.6 Å². The first-order valence-corrected chi connectivity index (χ1v) is 9.51. The van der Waals surface area contributed by atoms with E-state index >= 15 is 0 Å². The number of aryl methyl sites for hydroxylation is 1. The molecule has 5 heteroatoms. The molecule has 1 aliphatic carbocycles. The van der Waals surface area contributed by atoms with Crippen molar-refractivity contribution in [3.05, 3.63) is 51.9 Å². The summed E-state index contributed by atoms with van der Waals surface area (Å²) >= 11 is 1.61. The van der Waals surface area contributed by atoms with Crippen molar-refractivity contribution in [1.29, 1.82) is 0 Å². The van der Waals surface area contributed by atoms with Crippen LogP contribution < -0.4 is 5.32 Å². The number of hydrogen-bond donors (Lipinski definition) is 1. The van der Waals surface area contributed by atoms with E-state index in [1.165, 1.54) is 5.56 Å². The van der Waals surface area contributed by atoms with Gasteiger partial charge in [0, 0.05) is 34.0 Å². The van der Waals surface area contributed by atoms with Gasteiger partial charge in [0.1, 0.15) is 11.3 Å². The maximum atomic E-state index is 12.2. The highest BCUT2D eigenvalue weighted by Gasteiger charge is 2.25. The van der Waals surface area contributed by atoms with Gasteiger partial charge in [0.25, 0.3) is 0 Å². The fraction of sp³-hybridized carbons (Fsp3) is 0.350. The molecule has 1 unspecified atom stereocenters. The Bertz CT molecular complexity index is 896. The molecular weight excluding hydrogens is 332 g/mol. The second-order valence-electron chi connectivity index (χ2n) is 6.88. The summed E-state index contributed by atoms with van der Waals surface area (Å²) in [6.07, 6.45) is 3.53. The number of nitrogens with zero attached hydrogens (tertiary/aromatic N) is 1. The van der Waals surface area contributed by atoms with Gasteiger partial charge in [-0.1, -0.05) is 6.07 Å². The Balaban J connectivity index is 1.57. The minimum absolute atomic E-state index is 0.0188. The zero-order valence-electron chi connectivity index (χ0n) is 14.5. The summed E-state index contributed by atoms with van der Waals surface area (Å²) in [6, 6.07) is 10.5. The summed E-state index contributed by atoms with van der Waals surface area (Å²) in [6.45, 7) is 0. The molecule has 0 radical (unpaired) electrons. The van der Waals surface area contributed by atoms with Crippen molar-refractivity contribution in [2.24, 2.45) is 0 Å². The molecule has 0 saturated heterocycles. The highest BCUT2D eigenvalue weighted by molar-refractivity contribution is 7.10. The van der Waals surface area contributed by atoms with Gasteiger partial charge >= 0.3 is 0 Å². The third-order valence-electron chi connectivity index (χ3n) is 4.95. The number of thiophene rings is 1. The van der Waals surface area contributed by atoms with E-state index in [1.54, 1.807) is 11.3 Å². The van der Waals surface area contributed by atoms with Gasteiger partial charge in [-0.05, 0) is 56.6 Å². The number of hydrogen-bond acceptors (Lipinski definition) is 4. The lowest BCUT2D eigenvalue weighted by Gasteiger charge is -2.27. The van der Waals surface area contributed by atoms with E-state index in [4.69, 9.17) is 4.42 Å². The molecular formula is C20H22N2O2S. The molecule has 0 saturated carbocycles. The maximum absolute atomic E-state index is 12.2. The summed E-state index contributed by atoms with van der Waals surface area (Å²) in [4.78, 5) is 15.6. The average Bonchev–Trinajstić information content (AvgIpc) is 3.21. The lowest BCUT2D eigenvalue weighted by molar-refractivity contribution is -0.115. The smallest absolute Gasteiger partial charge is 0.229 e. The number of anilines is 1. The third-order valence-corrected chi connectivity index (χ3v) is 5.82. The molecule has 4 nitrogen and oxygen atoms in total. The standard InChI is InChI=1S/C20H22N2O2S/c1-22(2)14-6-8-19-17(11-14)16-10-13(5-7-18(16)24-19)21-20(23)12-15-4-3-9-25-15/h3-5,7,9-10,14H,6,8,11-12H2,1-2H3,(H,21,23). The molecule has 0 fully saturated rings. The monoisotopic (exact) mass is 354 g/mol. The molecule has 130 valence electrons. The Morgan fingerprint density at radius 1 is 1.36 bits per heavy atom. The number of carbonyl (C=O) groups excluding carboxylic acids is 1. The van der Waals surface area contributed by atoms with Crippen molar-refractivity contribution in [1.82, 2.24) is 4.90 Å². The predicted octanol–water partition coefficient (Wildman–Crippen LogP) is 4.09. The van der Waals surface area contributed by atoms with Crippen LogP contribution in [0.15, 0.2) is 40.1 Å². The second-order valence-corrected chi connectivity index (χ2v) is 7.91. The number of fused-ring (bicyclic) bond motifs is 3. The second kappa shape index (κ2) is 6.65. The van der Waals surface area contributed by atoms with Crippen LogP contribution in [0.3, 0.4) is 0 Å². The van der Waals surface area contributed by atoms with E-state index < -0.39 is 0 Å². The molecule has 4 rings (SSSR count). The Kier molecular flexibility index (Phi) is 4.36. The molecule has 1 amide bonds. The molecule has 2 aromatic heterocycles. The highest BCUT2D eigenvalue weighted by atomic mass is 32.1. The summed E-state index contributed by atoms with van der Waals surface area (Å²) in [5.74, 6) is 1.13. The van der Waals surface area contributed by atoms with Gasteiger partial charge in [0.15, 0.2) is 0 Å². The van der Waals surface area contributed by atoms with Gasteiger partial charge in [-0.15, -0.1) is 11.3 Å². The predicted molar refractivity (Wildman–Crippen MR) is 102 cm³/mol. The van der Waals surface area contributed by atoms with Gasteiger partial charge in [0.2, 0.25) is 5.91 Å². The van der Waals surface area contributed by atoms with Crippen LogP contribution in [0.25, 0.3) is 11.0 Å². The SMILES string of the molecule is CN(C)C1CCc2oc3ccc(NC(=O)Cc4cccs4)cc3c2C1. The minimum Gasteiger partial charge on any atom is -0.461 e. The van der Waals surface area contributed by atoms with Crippen molar-refractivity contribution in [2.45, 2.75) is 31.7 Å². The van der Waals surface area contributed by atoms with Crippen molar-refractivity contribution >= 4 is 33.9 Å². The van der Waals surface area contributed by atoms with Gasteiger partial charge in [-0.3, -0.25) is 4.79 Å². The van der Waals surface area contributed by atoms with Gasteiger partial charge < -0.3 is 14.6 Å². The van der Waals surface area contributed by atoms with Crippen LogP contribution in [0.5, 0.6) is 0 Å². The average molecular weight is 354 g/mol. The molecule has 0 aliphatic heterocycles. The van der Waals surface area contributed by atoms with E-state index in [9.17, 15) is 4.79 Å². The number of likely N-dealkylation sites (N-methyl/N-ethyl adjacent to an activating group) is 1. The van der Waals surface area contributed by atoms with E-state index in [2.05, 4.69) is 30.4 Å². The van der Waals surface area contributed by atoms with Gasteiger partial charge in [0.05, 0.1) is 6.42 Å². The van der Waals surface area contributed by atoms with Gasteiger partial charge in [-0.2, -0.15) is 0 Å². The molecule has 1 atom stereocenters. The number of amides is 1. The molecule has 1 N–H and O–H groups in total. The van der Waals surface area contributed by atoms with Gasteiger partial charge in [-0.25, -0.2) is 0 Å². The highest BCUT2D eigenvalue weighted by Crippen LogP contribution is 2.34. The summed E-state index contributed by atoms with van der Waals surface area (Å²) in [5.41, 5.74) is 3.06. The Labute approximate surface area is 151 Å². The topological polar surface area (TPSA) is 45.5 Å². The third kappa shape index (κ3) is 3.34.